The number of carbonyl (C=O) groups excluding carboxylic acids is 2. The molecule has 1 saturated heterocycles. The number of benzene rings is 1. The highest BCUT2D eigenvalue weighted by Gasteiger charge is 2.51. The first kappa shape index (κ1) is 13.3. The van der Waals surface area contributed by atoms with Gasteiger partial charge in [-0.05, 0) is 0 Å². The number of ketones is 1. The van der Waals surface area contributed by atoms with Crippen LogP contribution in [0.1, 0.15) is 26.3 Å². The van der Waals surface area contributed by atoms with Crippen LogP contribution < -0.4 is 5.32 Å². The van der Waals surface area contributed by atoms with Crippen LogP contribution in [0.15, 0.2) is 18.2 Å². The van der Waals surface area contributed by atoms with E-state index in [4.69, 9.17) is 4.74 Å². The van der Waals surface area contributed by atoms with Gasteiger partial charge in [-0.2, -0.15) is 0 Å². The van der Waals surface area contributed by atoms with Crippen molar-refractivity contribution in [1.82, 2.24) is 5.32 Å². The molecule has 1 aromatic rings. The maximum atomic E-state index is 12.1. The van der Waals surface area contributed by atoms with Crippen LogP contribution in [0, 0.1) is 0 Å². The molecular weight excluding hydrogens is 282 g/mol. The Kier molecular flexibility index (Phi) is 2.74. The van der Waals surface area contributed by atoms with E-state index < -0.39 is 32.9 Å². The summed E-state index contributed by atoms with van der Waals surface area (Å²) in [5.74, 6) is -1.74. The molecule has 0 aromatic heterocycles. The molecule has 1 fully saturated rings. The lowest BCUT2D eigenvalue weighted by molar-refractivity contribution is -0.0369. The zero-order valence-electron chi connectivity index (χ0n) is 10.8. The van der Waals surface area contributed by atoms with E-state index in [-0.39, 0.29) is 11.1 Å². The Morgan fingerprint density at radius 1 is 1.40 bits per heavy atom. The number of nitrogens with one attached hydrogen (secondary N) is 1. The van der Waals surface area contributed by atoms with Crippen LogP contribution >= 0.6 is 0 Å². The van der Waals surface area contributed by atoms with Gasteiger partial charge in [-0.3, -0.25) is 4.79 Å². The molecule has 7 heteroatoms. The summed E-state index contributed by atoms with van der Waals surface area (Å²) in [5, 5.41) is 3.03. The molecule has 0 saturated carbocycles. The van der Waals surface area contributed by atoms with Gasteiger partial charge in [-0.1, -0.05) is 18.2 Å². The third-order valence-corrected chi connectivity index (χ3v) is 4.35. The lowest BCUT2D eigenvalue weighted by atomic mass is 9.85. The molecule has 0 unspecified atom stereocenters. The molecule has 1 N–H and O–H groups in total. The Labute approximate surface area is 116 Å². The summed E-state index contributed by atoms with van der Waals surface area (Å²) in [7, 11) is -3.44. The molecule has 20 heavy (non-hydrogen) atoms. The van der Waals surface area contributed by atoms with E-state index >= 15 is 0 Å². The first-order valence-electron chi connectivity index (χ1n) is 6.11. The molecule has 2 aliphatic rings. The molecule has 6 nitrogen and oxygen atoms in total. The molecule has 1 spiro atoms. The molecule has 2 heterocycles. The third kappa shape index (κ3) is 1.94. The summed E-state index contributed by atoms with van der Waals surface area (Å²) < 4.78 is 27.9. The second kappa shape index (κ2) is 4.13. The number of carbonyl (C=O) groups is 2. The van der Waals surface area contributed by atoms with Gasteiger partial charge in [0.2, 0.25) is 0 Å². The van der Waals surface area contributed by atoms with Gasteiger partial charge < -0.3 is 10.1 Å². The third-order valence-electron chi connectivity index (χ3n) is 3.56. The highest BCUT2D eigenvalue weighted by atomic mass is 32.2. The molecule has 3 rings (SSSR count). The Balaban J connectivity index is 2.07. The van der Waals surface area contributed by atoms with Crippen LogP contribution in [0.3, 0.4) is 0 Å². The molecule has 106 valence electrons. The van der Waals surface area contributed by atoms with E-state index in [2.05, 4.69) is 5.32 Å². The van der Waals surface area contributed by atoms with E-state index in [1.807, 2.05) is 0 Å². The predicted molar refractivity (Wildman–Crippen MR) is 70.4 cm³/mol. The quantitative estimate of drug-likeness (QED) is 0.618. The van der Waals surface area contributed by atoms with Crippen LogP contribution in [0.5, 0.6) is 0 Å². The maximum absolute atomic E-state index is 12.1. The molecule has 2 aliphatic heterocycles. The van der Waals surface area contributed by atoms with E-state index in [1.165, 1.54) is 6.07 Å². The van der Waals surface area contributed by atoms with Crippen molar-refractivity contribution >= 4 is 21.6 Å². The zero-order valence-corrected chi connectivity index (χ0v) is 11.6. The molecule has 1 aromatic carbocycles. The minimum Gasteiger partial charge on any atom is -0.448 e. The Hall–Kier alpha value is -1.73. The fraction of sp³-hybridized carbons (Fsp3) is 0.385. The minimum absolute atomic E-state index is 0.127. The van der Waals surface area contributed by atoms with E-state index in [0.717, 1.165) is 6.26 Å². The number of hydrogen-bond acceptors (Lipinski definition) is 6. The van der Waals surface area contributed by atoms with Gasteiger partial charge in [0.1, 0.15) is 5.75 Å². The van der Waals surface area contributed by atoms with Crippen molar-refractivity contribution in [3.8, 4) is 0 Å². The molecule has 0 aliphatic carbocycles. The van der Waals surface area contributed by atoms with Gasteiger partial charge in [0, 0.05) is 30.5 Å². The number of rotatable bonds is 3. The average Bonchev–Trinajstić information content (AvgIpc) is 2.61. The topological polar surface area (TPSA) is 89.5 Å². The summed E-state index contributed by atoms with van der Waals surface area (Å²) in [6.07, 6.45) is 0.990. The van der Waals surface area contributed by atoms with E-state index in [0.29, 0.717) is 18.7 Å². The smallest absolute Gasteiger partial charge is 0.340 e. The van der Waals surface area contributed by atoms with Crippen molar-refractivity contribution in [3.05, 3.63) is 34.9 Å². The molecule has 0 bridgehead atoms. The summed E-state index contributed by atoms with van der Waals surface area (Å²) in [6.45, 7) is 1.02. The first-order valence-corrected chi connectivity index (χ1v) is 8.17. The summed E-state index contributed by atoms with van der Waals surface area (Å²) in [6, 6.07) is 4.87. The van der Waals surface area contributed by atoms with Gasteiger partial charge in [0.25, 0.3) is 0 Å². The van der Waals surface area contributed by atoms with Crippen LogP contribution in [-0.2, 0) is 20.2 Å². The molecule has 0 atom stereocenters. The second-order valence-electron chi connectivity index (χ2n) is 5.21. The van der Waals surface area contributed by atoms with Crippen LogP contribution in [0.2, 0.25) is 0 Å². The number of fused-ring (bicyclic) bond motifs is 2. The lowest BCUT2D eigenvalue weighted by Crippen LogP contribution is -2.56. The van der Waals surface area contributed by atoms with Crippen LogP contribution in [0.4, 0.5) is 0 Å². The van der Waals surface area contributed by atoms with Crippen molar-refractivity contribution in [2.24, 2.45) is 0 Å². The van der Waals surface area contributed by atoms with Crippen molar-refractivity contribution in [2.75, 3.05) is 25.1 Å². The Bertz CT molecular complexity index is 718. The van der Waals surface area contributed by atoms with Crippen molar-refractivity contribution in [2.45, 2.75) is 5.60 Å². The largest absolute Gasteiger partial charge is 0.448 e. The van der Waals surface area contributed by atoms with Crippen molar-refractivity contribution in [1.29, 1.82) is 0 Å². The highest BCUT2D eigenvalue weighted by Crippen LogP contribution is 2.40. The average molecular weight is 295 g/mol. The van der Waals surface area contributed by atoms with Crippen LogP contribution in [-0.4, -0.2) is 45.3 Å². The van der Waals surface area contributed by atoms with Gasteiger partial charge in [0.05, 0.1) is 5.56 Å². The fourth-order valence-corrected chi connectivity index (χ4v) is 3.23. The lowest BCUT2D eigenvalue weighted by Gasteiger charge is -2.37. The number of sulfone groups is 1. The second-order valence-corrected chi connectivity index (χ2v) is 7.35. The van der Waals surface area contributed by atoms with Gasteiger partial charge in [-0.15, -0.1) is 0 Å². The van der Waals surface area contributed by atoms with Crippen molar-refractivity contribution in [3.63, 3.8) is 0 Å². The van der Waals surface area contributed by atoms with Crippen molar-refractivity contribution < 1.29 is 22.7 Å². The van der Waals surface area contributed by atoms with Gasteiger partial charge in [-0.25, -0.2) is 13.2 Å². The summed E-state index contributed by atoms with van der Waals surface area (Å²) in [4.78, 5) is 24.1. The maximum Gasteiger partial charge on any atom is 0.340 e. The van der Waals surface area contributed by atoms with Gasteiger partial charge in [0.15, 0.2) is 21.2 Å². The van der Waals surface area contributed by atoms with E-state index in [9.17, 15) is 18.0 Å². The molecular formula is C13H13NO5S. The Morgan fingerprint density at radius 2 is 2.10 bits per heavy atom. The SMILES string of the molecule is CS(=O)(=O)CC(=O)c1cccc2c1C(=O)OC21CNC1. The Morgan fingerprint density at radius 3 is 2.65 bits per heavy atom. The number of hydrogen-bond donors (Lipinski definition) is 1. The normalized spacial score (nSPS) is 19.4. The summed E-state index contributed by atoms with van der Waals surface area (Å²) >= 11 is 0. The minimum atomic E-state index is -3.44. The monoisotopic (exact) mass is 295 g/mol. The molecule has 0 amide bonds. The first-order chi connectivity index (χ1) is 9.32. The summed E-state index contributed by atoms with van der Waals surface area (Å²) in [5.41, 5.74) is 0.318. The zero-order chi connectivity index (χ0) is 14.5. The molecule has 0 radical (unpaired) electrons. The number of esters is 1. The van der Waals surface area contributed by atoms with E-state index in [1.54, 1.807) is 12.1 Å². The number of Topliss-reactive ketones (excluding diaryl/α,β-unsaturated/α-hetero) is 1. The van der Waals surface area contributed by atoms with Gasteiger partial charge >= 0.3 is 5.97 Å². The highest BCUT2D eigenvalue weighted by molar-refractivity contribution is 7.91. The van der Waals surface area contributed by atoms with Crippen LogP contribution in [0.25, 0.3) is 0 Å². The standard InChI is InChI=1S/C13H13NO5S/c1-20(17,18)5-10(15)8-3-2-4-9-11(8)12(16)19-13(9)6-14-7-13/h2-4,14H,5-7H2,1H3. The predicted octanol–water partition coefficient (Wildman–Crippen LogP) is -0.117. The number of ether oxygens (including phenoxy) is 1. The fourth-order valence-electron chi connectivity index (χ4n) is 2.60.